The van der Waals surface area contributed by atoms with Gasteiger partial charge < -0.3 is 10.4 Å². The Kier molecular flexibility index (Phi) is 7.00. The minimum atomic E-state index is -4.10. The number of phenolic OH excluding ortho intramolecular Hbond substituents is 1. The second kappa shape index (κ2) is 9.17. The molecule has 0 bridgehead atoms. The van der Waals surface area contributed by atoms with Gasteiger partial charge in [0.25, 0.3) is 0 Å². The van der Waals surface area contributed by atoms with Crippen LogP contribution >= 0.6 is 11.6 Å². The van der Waals surface area contributed by atoms with Crippen LogP contribution in [0.1, 0.15) is 32.4 Å². The number of nitrogens with zero attached hydrogens (tertiary/aromatic N) is 3. The van der Waals surface area contributed by atoms with Crippen molar-refractivity contribution in [3.8, 4) is 5.75 Å². The normalized spacial score (nSPS) is 18.0. The lowest BCUT2D eigenvalue weighted by Crippen LogP contribution is -2.32. The van der Waals surface area contributed by atoms with Crippen molar-refractivity contribution in [2.75, 3.05) is 19.4 Å². The molecule has 1 aliphatic rings. The monoisotopic (exact) mass is 527 g/mol. The van der Waals surface area contributed by atoms with Crippen LogP contribution < -0.4 is 10.0 Å². The zero-order valence-electron chi connectivity index (χ0n) is 19.2. The SMILES string of the molecule is CN(C)S(=O)(=O)c1c(Cl)ccc(NC2=NS(=O)(=O)NC2=N[C@@H](c2ccccc2)C(C)(C)C)c1O. The van der Waals surface area contributed by atoms with E-state index in [0.717, 1.165) is 9.87 Å². The van der Waals surface area contributed by atoms with Gasteiger partial charge in [-0.25, -0.2) is 17.4 Å². The summed E-state index contributed by atoms with van der Waals surface area (Å²) >= 11 is 6.05. The number of benzene rings is 2. The Labute approximate surface area is 204 Å². The van der Waals surface area contributed by atoms with Crippen LogP contribution in [0.3, 0.4) is 0 Å². The van der Waals surface area contributed by atoms with E-state index < -0.39 is 36.9 Å². The fourth-order valence-electron chi connectivity index (χ4n) is 3.26. The molecule has 3 N–H and O–H groups in total. The predicted octanol–water partition coefficient (Wildman–Crippen LogP) is 3.14. The first-order valence-corrected chi connectivity index (χ1v) is 13.4. The lowest BCUT2D eigenvalue weighted by atomic mass is 9.83. The highest BCUT2D eigenvalue weighted by Crippen LogP contribution is 2.39. The van der Waals surface area contributed by atoms with Crippen LogP contribution in [0.15, 0.2) is 56.8 Å². The Hall–Kier alpha value is -2.67. The average molecular weight is 528 g/mol. The van der Waals surface area contributed by atoms with Crippen LogP contribution in [0.25, 0.3) is 0 Å². The Bertz CT molecular complexity index is 1370. The molecule has 0 saturated heterocycles. The van der Waals surface area contributed by atoms with Gasteiger partial charge in [-0.05, 0) is 23.1 Å². The molecule has 1 aliphatic heterocycles. The Balaban J connectivity index is 2.09. The molecule has 3 rings (SSSR count). The van der Waals surface area contributed by atoms with Crippen molar-refractivity contribution in [3.63, 3.8) is 0 Å². The van der Waals surface area contributed by atoms with Gasteiger partial charge in [0.1, 0.15) is 4.90 Å². The fraction of sp³-hybridized carbons (Fsp3) is 0.333. The summed E-state index contributed by atoms with van der Waals surface area (Å²) in [7, 11) is -5.61. The highest BCUT2D eigenvalue weighted by atomic mass is 35.5. The highest BCUT2D eigenvalue weighted by molar-refractivity contribution is 7.90. The molecule has 0 aromatic heterocycles. The van der Waals surface area contributed by atoms with Crippen LogP contribution in [-0.4, -0.2) is 52.0 Å². The number of sulfonamides is 1. The molecule has 0 spiro atoms. The first-order chi connectivity index (χ1) is 15.6. The first-order valence-electron chi connectivity index (χ1n) is 10.1. The summed E-state index contributed by atoms with van der Waals surface area (Å²) in [6, 6.07) is 11.5. The smallest absolute Gasteiger partial charge is 0.345 e. The molecule has 2 aromatic rings. The number of anilines is 1. The van der Waals surface area contributed by atoms with E-state index in [1.54, 1.807) is 0 Å². The molecule has 0 fully saturated rings. The van der Waals surface area contributed by atoms with Crippen molar-refractivity contribution in [2.45, 2.75) is 31.7 Å². The second-order valence-electron chi connectivity index (χ2n) is 8.86. The van der Waals surface area contributed by atoms with Crippen LogP contribution in [0.4, 0.5) is 5.69 Å². The van der Waals surface area contributed by atoms with Gasteiger partial charge in [-0.1, -0.05) is 62.7 Å². The number of nitrogens with one attached hydrogen (secondary N) is 2. The number of rotatable bonds is 5. The molecule has 2 aromatic carbocycles. The summed E-state index contributed by atoms with van der Waals surface area (Å²) < 4.78 is 56.6. The first kappa shape index (κ1) is 25.9. The van der Waals surface area contributed by atoms with Gasteiger partial charge in [-0.2, -0.15) is 8.42 Å². The highest BCUT2D eigenvalue weighted by Gasteiger charge is 2.33. The predicted molar refractivity (Wildman–Crippen MR) is 133 cm³/mol. The number of hydrogen-bond donors (Lipinski definition) is 3. The van der Waals surface area contributed by atoms with Crippen LogP contribution in [0.2, 0.25) is 5.02 Å². The van der Waals surface area contributed by atoms with Crippen molar-refractivity contribution in [1.29, 1.82) is 0 Å². The number of halogens is 1. The zero-order valence-corrected chi connectivity index (χ0v) is 21.6. The van der Waals surface area contributed by atoms with Crippen molar-refractivity contribution in [2.24, 2.45) is 14.8 Å². The van der Waals surface area contributed by atoms with Crippen LogP contribution in [0.5, 0.6) is 5.75 Å². The molecule has 0 amide bonds. The van der Waals surface area contributed by atoms with Crippen molar-refractivity contribution in [3.05, 3.63) is 53.1 Å². The van der Waals surface area contributed by atoms with Gasteiger partial charge in [-0.3, -0.25) is 4.99 Å². The maximum absolute atomic E-state index is 12.6. The zero-order chi connectivity index (χ0) is 25.5. The van der Waals surface area contributed by atoms with Gasteiger partial charge in [0.15, 0.2) is 17.4 Å². The molecule has 0 saturated carbocycles. The molecule has 184 valence electrons. The number of hydrogen-bond acceptors (Lipinski definition) is 7. The third-order valence-electron chi connectivity index (χ3n) is 4.93. The minimum absolute atomic E-state index is 0.0739. The summed E-state index contributed by atoms with van der Waals surface area (Å²) in [5.41, 5.74) is 0.368. The second-order valence-corrected chi connectivity index (χ2v) is 12.7. The van der Waals surface area contributed by atoms with E-state index in [-0.39, 0.29) is 27.8 Å². The molecule has 1 heterocycles. The molecule has 10 nitrogen and oxygen atoms in total. The molecule has 0 unspecified atom stereocenters. The fourth-order valence-corrected chi connectivity index (χ4v) is 5.55. The summed E-state index contributed by atoms with van der Waals surface area (Å²) in [6.07, 6.45) is 0. The van der Waals surface area contributed by atoms with Gasteiger partial charge in [0.2, 0.25) is 10.0 Å². The summed E-state index contributed by atoms with van der Waals surface area (Å²) in [4.78, 5) is 4.12. The minimum Gasteiger partial charge on any atom is -0.504 e. The molecule has 1 atom stereocenters. The number of aromatic hydroxyl groups is 1. The van der Waals surface area contributed by atoms with Gasteiger partial charge in [0.05, 0.1) is 16.8 Å². The maximum atomic E-state index is 12.6. The standard InChI is InChI=1S/C21H26ClN5O5S2/c1-21(2,3)18(13-9-7-6-8-10-13)24-20-19(25-34(31,32)26-20)23-15-12-11-14(22)17(16(15)28)33(29,30)27(4)5/h6-12,18,28H,1-5H3,(H,23,25)(H,24,26)/t18-/m0/s1. The molecule has 13 heteroatoms. The molecule has 34 heavy (non-hydrogen) atoms. The largest absolute Gasteiger partial charge is 0.504 e. The van der Waals surface area contributed by atoms with Gasteiger partial charge >= 0.3 is 10.2 Å². The number of amidine groups is 2. The van der Waals surface area contributed by atoms with E-state index >= 15 is 0 Å². The lowest BCUT2D eigenvalue weighted by Gasteiger charge is -2.28. The number of aliphatic imine (C=N–C) groups is 1. The average Bonchev–Trinajstić information content (AvgIpc) is 3.01. The topological polar surface area (TPSA) is 141 Å². The Morgan fingerprint density at radius 1 is 1.15 bits per heavy atom. The van der Waals surface area contributed by atoms with Gasteiger partial charge in [-0.15, -0.1) is 4.40 Å². The summed E-state index contributed by atoms with van der Waals surface area (Å²) in [5, 5.41) is 13.2. The van der Waals surface area contributed by atoms with E-state index in [9.17, 15) is 21.9 Å². The Morgan fingerprint density at radius 2 is 1.76 bits per heavy atom. The third kappa shape index (κ3) is 5.35. The van der Waals surface area contributed by atoms with Crippen LogP contribution in [-0.2, 0) is 20.2 Å². The van der Waals surface area contributed by atoms with E-state index in [1.807, 2.05) is 51.1 Å². The van der Waals surface area contributed by atoms with Crippen molar-refractivity contribution >= 4 is 49.2 Å². The summed E-state index contributed by atoms with van der Waals surface area (Å²) in [5.74, 6) is -0.950. The van der Waals surface area contributed by atoms with Gasteiger partial charge in [0, 0.05) is 14.1 Å². The molecule has 0 aliphatic carbocycles. The quantitative estimate of drug-likeness (QED) is 0.510. The van der Waals surface area contributed by atoms with E-state index in [2.05, 4.69) is 19.4 Å². The maximum Gasteiger partial charge on any atom is 0.345 e. The third-order valence-corrected chi connectivity index (χ3v) is 8.12. The summed E-state index contributed by atoms with van der Waals surface area (Å²) in [6.45, 7) is 5.89. The van der Waals surface area contributed by atoms with Crippen LogP contribution in [0, 0.1) is 5.41 Å². The molecular weight excluding hydrogens is 502 g/mol. The van der Waals surface area contributed by atoms with E-state index in [0.29, 0.717) is 0 Å². The van der Waals surface area contributed by atoms with Crippen molar-refractivity contribution < 1.29 is 21.9 Å². The number of phenols is 1. The Morgan fingerprint density at radius 3 is 2.32 bits per heavy atom. The van der Waals surface area contributed by atoms with E-state index in [1.165, 1.54) is 26.2 Å². The molecular formula is C21H26ClN5O5S2. The van der Waals surface area contributed by atoms with E-state index in [4.69, 9.17) is 11.6 Å². The lowest BCUT2D eigenvalue weighted by molar-refractivity contribution is 0.329. The molecule has 0 radical (unpaired) electrons. The van der Waals surface area contributed by atoms with Crippen molar-refractivity contribution in [1.82, 2.24) is 9.03 Å².